The molecule has 0 aromatic heterocycles. The summed E-state index contributed by atoms with van der Waals surface area (Å²) >= 11 is 0. The van der Waals surface area contributed by atoms with Crippen LogP contribution in [-0.4, -0.2) is 94.6 Å². The molecule has 5 heterocycles. The van der Waals surface area contributed by atoms with Crippen LogP contribution in [0.5, 0.6) is 0 Å². The van der Waals surface area contributed by atoms with E-state index in [9.17, 15) is 9.36 Å². The molecule has 0 aromatic rings. The van der Waals surface area contributed by atoms with E-state index in [0.29, 0.717) is 49.3 Å². The molecular weight excluding hydrogens is 697 g/mol. The van der Waals surface area contributed by atoms with Gasteiger partial charge in [-0.25, -0.2) is 4.57 Å². The van der Waals surface area contributed by atoms with E-state index in [1.807, 2.05) is 0 Å². The molecule has 4 saturated carbocycles. The zero-order valence-corrected chi connectivity index (χ0v) is 32.2. The predicted octanol–water partition coefficient (Wildman–Crippen LogP) is 1.02. The van der Waals surface area contributed by atoms with Gasteiger partial charge in [-0.05, 0) is 98.7 Å². The van der Waals surface area contributed by atoms with Crippen LogP contribution in [0.1, 0.15) is 103 Å². The van der Waals surface area contributed by atoms with E-state index in [1.54, 1.807) is 0 Å². The minimum Gasteiger partial charge on any atom is -0.480 e. The van der Waals surface area contributed by atoms with E-state index >= 15 is 0 Å². The van der Waals surface area contributed by atoms with Gasteiger partial charge in [0, 0.05) is 7.05 Å². The second-order valence-electron chi connectivity index (χ2n) is 17.8. The second-order valence-corrected chi connectivity index (χ2v) is 19.1. The van der Waals surface area contributed by atoms with Crippen molar-refractivity contribution < 1.29 is 24.3 Å². The lowest BCUT2D eigenvalue weighted by molar-refractivity contribution is -0.137. The second kappa shape index (κ2) is 16.2. The molecule has 17 heteroatoms. The quantitative estimate of drug-likeness (QED) is 0.109. The summed E-state index contributed by atoms with van der Waals surface area (Å²) in [6, 6.07) is 0. The van der Waals surface area contributed by atoms with E-state index in [2.05, 4.69) is 47.3 Å². The Hall–Kier alpha value is -1.43. The van der Waals surface area contributed by atoms with Gasteiger partial charge in [0.05, 0.1) is 49.3 Å². The Morgan fingerprint density at radius 2 is 0.755 bits per heavy atom. The highest BCUT2D eigenvalue weighted by atomic mass is 31.2. The zero-order chi connectivity index (χ0) is 36.9. The summed E-state index contributed by atoms with van der Waals surface area (Å²) < 4.78 is 13.1. The SMILES string of the molecule is C1CCC2C3NC(NC4NC(NC5NC(NC6NC(N3)C3CCCCC63)C3CCCCC53)C3CCCCC43)C2C1.CN(CC(=O)O)C(N)=NP(=O)(O)O. The first-order chi connectivity index (χ1) is 25.5. The number of guanidine groups is 1. The first-order valence-corrected chi connectivity index (χ1v) is 22.5. The Balaban J connectivity index is 0.000000266. The van der Waals surface area contributed by atoms with Crippen molar-refractivity contribution in [3.8, 4) is 0 Å². The molecule has 8 atom stereocenters. The van der Waals surface area contributed by atoms with Crippen molar-refractivity contribution in [2.75, 3.05) is 13.6 Å². The number of carboxylic acids is 1. The molecule has 9 fully saturated rings. The molecule has 0 amide bonds. The molecule has 53 heavy (non-hydrogen) atoms. The van der Waals surface area contributed by atoms with Crippen molar-refractivity contribution in [2.24, 2.45) is 57.8 Å². The number of carboxylic acid groups (broad SMARTS) is 1. The normalized spacial score (nSPS) is 46.6. The largest absolute Gasteiger partial charge is 0.480 e. The Kier molecular flexibility index (Phi) is 11.8. The van der Waals surface area contributed by atoms with E-state index in [-0.39, 0.29) is 0 Å². The van der Waals surface area contributed by atoms with Crippen LogP contribution in [0, 0.1) is 47.3 Å². The predicted molar refractivity (Wildman–Crippen MR) is 201 cm³/mol. The van der Waals surface area contributed by atoms with Crippen molar-refractivity contribution in [3.63, 3.8) is 0 Å². The summed E-state index contributed by atoms with van der Waals surface area (Å²) in [4.78, 5) is 27.7. The summed E-state index contributed by atoms with van der Waals surface area (Å²) in [7, 11) is -3.34. The average molecular weight is 764 g/mol. The van der Waals surface area contributed by atoms with Crippen molar-refractivity contribution in [1.82, 2.24) is 47.4 Å². The van der Waals surface area contributed by atoms with E-state index < -0.39 is 26.2 Å². The molecule has 8 unspecified atom stereocenters. The number of aliphatic carboxylic acids is 1. The summed E-state index contributed by atoms with van der Waals surface area (Å²) in [6.07, 6.45) is 25.6. The molecule has 300 valence electrons. The molecule has 4 aliphatic carbocycles. The van der Waals surface area contributed by atoms with Crippen LogP contribution in [0.4, 0.5) is 0 Å². The average Bonchev–Trinajstić information content (AvgIpc) is 3.87. The highest BCUT2D eigenvalue weighted by molar-refractivity contribution is 7.50. The third kappa shape index (κ3) is 8.34. The van der Waals surface area contributed by atoms with Crippen LogP contribution >= 0.6 is 7.75 Å². The number of rotatable bonds is 3. The molecule has 0 aromatic carbocycles. The molecule has 16 nitrogen and oxygen atoms in total. The maximum atomic E-state index is 10.3. The van der Waals surface area contributed by atoms with Gasteiger partial charge in [-0.3, -0.25) is 47.3 Å². The lowest BCUT2D eigenvalue weighted by Gasteiger charge is -2.35. The summed E-state index contributed by atoms with van der Waals surface area (Å²) in [5, 5.41) is 42.1. The molecule has 5 saturated heterocycles. The number of carbonyl (C=O) groups is 1. The van der Waals surface area contributed by atoms with Crippen molar-refractivity contribution >= 4 is 19.7 Å². The van der Waals surface area contributed by atoms with E-state index in [0.717, 1.165) is 52.2 Å². The Morgan fingerprint density at radius 3 is 0.925 bits per heavy atom. The Morgan fingerprint density at radius 1 is 0.547 bits per heavy atom. The minimum absolute atomic E-state index is 0.420. The first kappa shape index (κ1) is 38.4. The van der Waals surface area contributed by atoms with Crippen LogP contribution in [0.2, 0.25) is 0 Å². The van der Waals surface area contributed by atoms with E-state index in [1.165, 1.54) is 110 Å². The van der Waals surface area contributed by atoms with Gasteiger partial charge in [0.25, 0.3) is 0 Å². The highest BCUT2D eigenvalue weighted by Crippen LogP contribution is 2.45. The maximum absolute atomic E-state index is 10.3. The zero-order valence-electron chi connectivity index (χ0n) is 31.3. The van der Waals surface area contributed by atoms with Crippen molar-refractivity contribution in [3.05, 3.63) is 0 Å². The first-order valence-electron chi connectivity index (χ1n) is 20.9. The van der Waals surface area contributed by atoms with Gasteiger partial charge in [-0.15, -0.1) is 4.76 Å². The lowest BCUT2D eigenvalue weighted by Crippen LogP contribution is -2.61. The fourth-order valence-corrected chi connectivity index (χ4v) is 12.9. The van der Waals surface area contributed by atoms with Crippen LogP contribution in [0.3, 0.4) is 0 Å². The fourth-order valence-electron chi connectivity index (χ4n) is 12.5. The van der Waals surface area contributed by atoms with Crippen LogP contribution in [0.15, 0.2) is 4.76 Å². The van der Waals surface area contributed by atoms with Crippen LogP contribution < -0.4 is 48.3 Å². The number of hydrogen-bond donors (Lipinski definition) is 12. The molecule has 9 aliphatic rings. The van der Waals surface area contributed by atoms with Gasteiger partial charge in [0.2, 0.25) is 5.96 Å². The van der Waals surface area contributed by atoms with Crippen LogP contribution in [0.25, 0.3) is 0 Å². The lowest BCUT2D eigenvalue weighted by atomic mass is 9.76. The van der Waals surface area contributed by atoms with Gasteiger partial charge in [-0.2, -0.15) is 0 Å². The topological polar surface area (TPSA) is 233 Å². The summed E-state index contributed by atoms with van der Waals surface area (Å²) in [5.41, 5.74) is 5.07. The number of nitrogens with two attached hydrogens (primary N) is 1. The molecule has 0 radical (unpaired) electrons. The number of likely N-dealkylation sites (N-methyl/N-ethyl adjacent to an activating group) is 1. The molecule has 13 N–H and O–H groups in total. The highest BCUT2D eigenvalue weighted by Gasteiger charge is 2.54. The standard InChI is InChI=1S/C32H56N8.C4H10N3O5P/c1-2-10-18-17(9-1)25-33-26(18)38-28-21-13-5-6-14-22(21)30(35-28)40-32-24-16-8-7-15-23(24)31(36-32)39-29-20-12-4-3-11-19(20)27(34-29)37-25;1-7(2-3(8)9)4(5)6-13(10,11)12/h17-40H,1-16H2;2H2,1H3,(H,8,9)(H4,5,6,10,11,12). The number of hydrogen-bond acceptors (Lipinski definition) is 10. The maximum Gasteiger partial charge on any atom is 0.451 e. The van der Waals surface area contributed by atoms with Gasteiger partial charge < -0.3 is 25.5 Å². The van der Waals surface area contributed by atoms with Gasteiger partial charge >= 0.3 is 13.7 Å². The number of nitrogens with one attached hydrogen (secondary N) is 8. The van der Waals surface area contributed by atoms with Gasteiger partial charge in [0.1, 0.15) is 6.54 Å². The van der Waals surface area contributed by atoms with Crippen molar-refractivity contribution in [1.29, 1.82) is 0 Å². The minimum atomic E-state index is -4.59. The Bertz CT molecular complexity index is 1170. The fraction of sp³-hybridized carbons (Fsp3) is 0.944. The third-order valence-electron chi connectivity index (χ3n) is 14.8. The third-order valence-corrected chi connectivity index (χ3v) is 15.3. The monoisotopic (exact) mass is 763 g/mol. The molecule has 0 spiro atoms. The molecule has 8 bridgehead atoms. The summed E-state index contributed by atoms with van der Waals surface area (Å²) in [5.74, 6) is 4.28. The number of nitrogens with zero attached hydrogens (tertiary/aromatic N) is 2. The van der Waals surface area contributed by atoms with E-state index in [4.69, 9.17) is 20.6 Å². The van der Waals surface area contributed by atoms with Crippen molar-refractivity contribution in [2.45, 2.75) is 152 Å². The Labute approximate surface area is 314 Å². The molecule has 5 aliphatic heterocycles. The van der Waals surface area contributed by atoms with Gasteiger partial charge in [0.15, 0.2) is 0 Å². The number of fused-ring (bicyclic) bond motifs is 20. The smallest absolute Gasteiger partial charge is 0.451 e. The van der Waals surface area contributed by atoms with Gasteiger partial charge in [-0.1, -0.05) is 51.4 Å². The molecule has 9 rings (SSSR count). The van der Waals surface area contributed by atoms with Crippen LogP contribution in [-0.2, 0) is 9.36 Å². The summed E-state index contributed by atoms with van der Waals surface area (Å²) in [6.45, 7) is -0.477. The molecular formula is C36H66N11O5P.